The van der Waals surface area contributed by atoms with Crippen molar-refractivity contribution in [3.63, 3.8) is 0 Å². The van der Waals surface area contributed by atoms with Gasteiger partial charge in [0.05, 0.1) is 18.3 Å². The Morgan fingerprint density at radius 1 is 0.732 bits per heavy atom. The van der Waals surface area contributed by atoms with Crippen LogP contribution in [0.2, 0.25) is 0 Å². The largest absolute Gasteiger partial charge is 0.465 e. The summed E-state index contributed by atoms with van der Waals surface area (Å²) in [6, 6.07) is 0. The summed E-state index contributed by atoms with van der Waals surface area (Å²) in [6.45, 7) is 30.0. The van der Waals surface area contributed by atoms with Crippen LogP contribution in [-0.2, 0) is 19.1 Å². The van der Waals surface area contributed by atoms with Crippen molar-refractivity contribution in [1.29, 1.82) is 0 Å². The SMILES string of the molecule is CCCCCOC(=O)C(C(C)C(C)(C)C)C(C)(C)C.CCN(CC)C(=S)SCCOC(=O)CSC(=S)N(CC)CC. The third-order valence-electron chi connectivity index (χ3n) is 6.97. The van der Waals surface area contributed by atoms with Crippen LogP contribution in [0.1, 0.15) is 102 Å². The zero-order valence-electron chi connectivity index (χ0n) is 28.1. The van der Waals surface area contributed by atoms with E-state index in [1.54, 1.807) is 11.8 Å². The van der Waals surface area contributed by atoms with E-state index >= 15 is 0 Å². The van der Waals surface area contributed by atoms with E-state index in [9.17, 15) is 9.59 Å². The van der Waals surface area contributed by atoms with E-state index in [1.807, 2.05) is 18.7 Å². The summed E-state index contributed by atoms with van der Waals surface area (Å²) in [6.07, 6.45) is 3.25. The molecule has 0 bridgehead atoms. The molecule has 0 saturated heterocycles. The number of thiocarbonyl (C=S) groups is 2. The van der Waals surface area contributed by atoms with E-state index in [-0.39, 0.29) is 34.4 Å². The molecule has 0 fully saturated rings. The molecule has 242 valence electrons. The maximum atomic E-state index is 12.4. The van der Waals surface area contributed by atoms with E-state index in [0.717, 1.165) is 54.1 Å². The first kappa shape index (κ1) is 42.6. The summed E-state index contributed by atoms with van der Waals surface area (Å²) in [7, 11) is 0. The van der Waals surface area contributed by atoms with Gasteiger partial charge < -0.3 is 19.3 Å². The topological polar surface area (TPSA) is 59.1 Å². The molecule has 0 radical (unpaired) electrons. The first-order valence-electron chi connectivity index (χ1n) is 15.2. The fraction of sp³-hybridized carbons (Fsp3) is 0.871. The van der Waals surface area contributed by atoms with Crippen molar-refractivity contribution in [2.45, 2.75) is 102 Å². The maximum absolute atomic E-state index is 12.4. The van der Waals surface area contributed by atoms with Gasteiger partial charge in [0.1, 0.15) is 15.2 Å². The fourth-order valence-corrected chi connectivity index (χ4v) is 6.51. The lowest BCUT2D eigenvalue weighted by atomic mass is 9.65. The maximum Gasteiger partial charge on any atom is 0.316 e. The van der Waals surface area contributed by atoms with Gasteiger partial charge in [-0.3, -0.25) is 9.59 Å². The summed E-state index contributed by atoms with van der Waals surface area (Å²) >= 11 is 13.5. The Hall–Kier alpha value is -0.580. The number of rotatable bonds is 15. The molecule has 0 aliphatic heterocycles. The number of carbonyl (C=O) groups excluding carboxylic acids is 2. The molecule has 0 aromatic heterocycles. The van der Waals surface area contributed by atoms with Gasteiger partial charge in [0.25, 0.3) is 0 Å². The second-order valence-electron chi connectivity index (χ2n) is 12.1. The normalized spacial score (nSPS) is 12.9. The summed E-state index contributed by atoms with van der Waals surface area (Å²) in [5.74, 6) is 0.951. The molecule has 10 heteroatoms. The van der Waals surface area contributed by atoms with E-state index in [4.69, 9.17) is 33.9 Å². The zero-order chi connectivity index (χ0) is 32.2. The third kappa shape index (κ3) is 19.3. The highest BCUT2D eigenvalue weighted by Crippen LogP contribution is 2.41. The number of esters is 2. The van der Waals surface area contributed by atoms with Crippen molar-refractivity contribution in [3.8, 4) is 0 Å². The van der Waals surface area contributed by atoms with E-state index in [2.05, 4.69) is 74.1 Å². The molecule has 0 amide bonds. The Balaban J connectivity index is 0. The number of thioether (sulfide) groups is 2. The van der Waals surface area contributed by atoms with Crippen LogP contribution >= 0.6 is 48.0 Å². The van der Waals surface area contributed by atoms with Gasteiger partial charge in [-0.05, 0) is 50.9 Å². The van der Waals surface area contributed by atoms with Crippen LogP contribution in [0.3, 0.4) is 0 Å². The number of carbonyl (C=O) groups is 2. The van der Waals surface area contributed by atoms with E-state index in [1.165, 1.54) is 11.8 Å². The first-order valence-corrected chi connectivity index (χ1v) is 18.0. The molecule has 0 aliphatic carbocycles. The Labute approximate surface area is 272 Å². The van der Waals surface area contributed by atoms with Crippen molar-refractivity contribution in [3.05, 3.63) is 0 Å². The van der Waals surface area contributed by atoms with Gasteiger partial charge in [-0.2, -0.15) is 0 Å². The van der Waals surface area contributed by atoms with Gasteiger partial charge in [0.2, 0.25) is 0 Å². The molecular formula is C31H60N2O4S4. The minimum atomic E-state index is -0.228. The number of ether oxygens (including phenoxy) is 2. The summed E-state index contributed by atoms with van der Waals surface area (Å²) < 4.78 is 12.3. The lowest BCUT2D eigenvalue weighted by Crippen LogP contribution is -2.40. The number of nitrogens with zero attached hydrogens (tertiary/aromatic N) is 2. The Morgan fingerprint density at radius 3 is 1.63 bits per heavy atom. The third-order valence-corrected chi connectivity index (χ3v) is 9.96. The van der Waals surface area contributed by atoms with Crippen LogP contribution in [-0.4, -0.2) is 81.3 Å². The van der Waals surface area contributed by atoms with Gasteiger partial charge >= 0.3 is 11.9 Å². The highest BCUT2D eigenvalue weighted by atomic mass is 32.2. The molecule has 2 atom stereocenters. The number of hydrogen-bond acceptors (Lipinski definition) is 8. The minimum absolute atomic E-state index is 0.0222. The molecule has 0 spiro atoms. The van der Waals surface area contributed by atoms with Crippen LogP contribution < -0.4 is 0 Å². The first-order chi connectivity index (χ1) is 19.0. The lowest BCUT2D eigenvalue weighted by molar-refractivity contribution is -0.157. The highest BCUT2D eigenvalue weighted by molar-refractivity contribution is 8.23. The molecule has 0 heterocycles. The van der Waals surface area contributed by atoms with Crippen LogP contribution in [0.5, 0.6) is 0 Å². The average Bonchev–Trinajstić information content (AvgIpc) is 2.88. The molecule has 0 rings (SSSR count). The molecule has 0 aromatic carbocycles. The predicted octanol–water partition coefficient (Wildman–Crippen LogP) is 8.31. The second kappa shape index (κ2) is 22.9. The standard InChI is InChI=1S/C17H34O2.C14H26N2O2S4/c1-9-10-11-12-19-15(18)14(17(6,7)8)13(2)16(3,4)5;1-5-15(6-2)13(19)21-10-9-18-12(17)11-22-14(20)16(7-3)8-4/h13-14H,9-12H2,1-8H3;5-11H2,1-4H3. The van der Waals surface area contributed by atoms with Crippen LogP contribution in [0.25, 0.3) is 0 Å². The van der Waals surface area contributed by atoms with Crippen molar-refractivity contribution in [2.75, 3.05) is 50.9 Å². The molecular weight excluding hydrogens is 593 g/mol. The van der Waals surface area contributed by atoms with Gasteiger partial charge in [-0.1, -0.05) is 116 Å². The zero-order valence-corrected chi connectivity index (χ0v) is 31.4. The molecule has 0 saturated carbocycles. The minimum Gasteiger partial charge on any atom is -0.465 e. The Kier molecular flexibility index (Phi) is 23.8. The van der Waals surface area contributed by atoms with Crippen molar-refractivity contribution in [2.24, 2.45) is 22.7 Å². The Bertz CT molecular complexity index is 758. The van der Waals surface area contributed by atoms with Gasteiger partial charge in [0.15, 0.2) is 0 Å². The molecule has 0 N–H and O–H groups in total. The van der Waals surface area contributed by atoms with Gasteiger partial charge in [-0.15, -0.1) is 0 Å². The summed E-state index contributed by atoms with van der Waals surface area (Å²) in [5.41, 5.74) is 0.0505. The van der Waals surface area contributed by atoms with E-state index in [0.29, 0.717) is 24.9 Å². The second-order valence-corrected chi connectivity index (χ2v) is 15.4. The summed E-state index contributed by atoms with van der Waals surface area (Å²) in [5, 5.41) is 0. The van der Waals surface area contributed by atoms with Crippen molar-refractivity contribution >= 4 is 68.5 Å². The van der Waals surface area contributed by atoms with Crippen LogP contribution in [0.4, 0.5) is 0 Å². The lowest BCUT2D eigenvalue weighted by Gasteiger charge is -2.40. The number of hydrogen-bond donors (Lipinski definition) is 0. The molecule has 0 aromatic rings. The molecule has 41 heavy (non-hydrogen) atoms. The highest BCUT2D eigenvalue weighted by Gasteiger charge is 2.41. The predicted molar refractivity (Wildman–Crippen MR) is 189 cm³/mol. The van der Waals surface area contributed by atoms with Gasteiger partial charge in [-0.25, -0.2) is 0 Å². The van der Waals surface area contributed by atoms with Crippen molar-refractivity contribution in [1.82, 2.24) is 9.80 Å². The van der Waals surface area contributed by atoms with Gasteiger partial charge in [0, 0.05) is 31.9 Å². The number of unbranched alkanes of at least 4 members (excludes halogenated alkanes) is 2. The molecule has 6 nitrogen and oxygen atoms in total. The quantitative estimate of drug-likeness (QED) is 0.0981. The van der Waals surface area contributed by atoms with Crippen LogP contribution in [0.15, 0.2) is 0 Å². The Morgan fingerprint density at radius 2 is 1.22 bits per heavy atom. The fourth-order valence-electron chi connectivity index (χ4n) is 4.02. The van der Waals surface area contributed by atoms with Crippen LogP contribution in [0, 0.1) is 22.7 Å². The average molecular weight is 653 g/mol. The smallest absolute Gasteiger partial charge is 0.316 e. The van der Waals surface area contributed by atoms with Crippen molar-refractivity contribution < 1.29 is 19.1 Å². The monoisotopic (exact) mass is 652 g/mol. The molecule has 0 aliphatic rings. The molecule has 2 unspecified atom stereocenters. The van der Waals surface area contributed by atoms with E-state index < -0.39 is 0 Å². The summed E-state index contributed by atoms with van der Waals surface area (Å²) in [4.78, 5) is 28.2.